The summed E-state index contributed by atoms with van der Waals surface area (Å²) in [4.78, 5) is 85.7. The largest absolute Gasteiger partial charge is 0.508 e. The molecule has 0 radical (unpaired) electrons. The number of rotatable bonds is 15. The number of nitrogens with zero attached hydrogens (tertiary/aromatic N) is 2. The Labute approximate surface area is 261 Å². The number of hydrogen-bond donors (Lipinski definition) is 3. The van der Waals surface area contributed by atoms with Gasteiger partial charge < -0.3 is 24.4 Å². The van der Waals surface area contributed by atoms with Gasteiger partial charge in [0.25, 0.3) is 17.4 Å². The molecule has 0 saturated carbocycles. The second-order valence-electron chi connectivity index (χ2n) is 10.2. The SMILES string of the molecule is COP(=O)(O)O[C@@H]1C(CCCNC(=O)CCN2C(=O)C=CC2=O)[C@H](n2ccc(=O)[nH]c2=O)O[C@@H]1COC(=O)OCc1ccccc1. The summed E-state index contributed by atoms with van der Waals surface area (Å²) in [6, 6.07) is 9.90. The van der Waals surface area contributed by atoms with Crippen molar-refractivity contribution in [3.05, 3.63) is 81.1 Å². The summed E-state index contributed by atoms with van der Waals surface area (Å²) in [5.74, 6) is -2.31. The molecule has 4 rings (SSSR count). The van der Waals surface area contributed by atoms with E-state index in [0.717, 1.165) is 34.8 Å². The van der Waals surface area contributed by atoms with Gasteiger partial charge in [-0.1, -0.05) is 30.3 Å². The van der Waals surface area contributed by atoms with Crippen LogP contribution in [0.3, 0.4) is 0 Å². The van der Waals surface area contributed by atoms with Crippen LogP contribution in [0.25, 0.3) is 0 Å². The van der Waals surface area contributed by atoms with Crippen LogP contribution in [0.4, 0.5) is 4.79 Å². The van der Waals surface area contributed by atoms with E-state index in [0.29, 0.717) is 5.56 Å². The number of phosphoric ester groups is 1. The molecule has 1 fully saturated rings. The first-order valence-corrected chi connectivity index (χ1v) is 15.6. The molecule has 2 unspecified atom stereocenters. The number of phosphoric acid groups is 1. The third-order valence-corrected chi connectivity index (χ3v) is 8.12. The van der Waals surface area contributed by atoms with Crippen molar-refractivity contribution in [3.8, 4) is 0 Å². The number of carbonyl (C=O) groups is 4. The Kier molecular flexibility index (Phi) is 11.8. The van der Waals surface area contributed by atoms with Crippen molar-refractivity contribution in [3.63, 3.8) is 0 Å². The number of benzene rings is 1. The second-order valence-corrected chi connectivity index (χ2v) is 11.7. The normalized spacial score (nSPS) is 22.1. The Morgan fingerprint density at radius 3 is 2.46 bits per heavy atom. The summed E-state index contributed by atoms with van der Waals surface area (Å²) in [5.41, 5.74) is -0.795. The average molecular weight is 665 g/mol. The summed E-state index contributed by atoms with van der Waals surface area (Å²) in [6.45, 7) is -0.583. The minimum Gasteiger partial charge on any atom is -0.431 e. The molecule has 0 aliphatic carbocycles. The lowest BCUT2D eigenvalue weighted by atomic mass is 9.94. The van der Waals surface area contributed by atoms with Gasteiger partial charge in [0.1, 0.15) is 31.6 Å². The van der Waals surface area contributed by atoms with E-state index in [2.05, 4.69) is 14.8 Å². The molecule has 1 aromatic heterocycles. The molecule has 1 aromatic carbocycles. The Morgan fingerprint density at radius 1 is 1.07 bits per heavy atom. The molecule has 0 bridgehead atoms. The minimum atomic E-state index is -4.65. The van der Waals surface area contributed by atoms with Gasteiger partial charge >= 0.3 is 19.7 Å². The Morgan fingerprint density at radius 2 is 1.78 bits per heavy atom. The number of H-pyrrole nitrogens is 1. The summed E-state index contributed by atoms with van der Waals surface area (Å²) in [7, 11) is -3.70. The van der Waals surface area contributed by atoms with Crippen molar-refractivity contribution in [2.45, 2.75) is 44.3 Å². The van der Waals surface area contributed by atoms with Gasteiger partial charge in [0.2, 0.25) is 5.91 Å². The van der Waals surface area contributed by atoms with Crippen molar-refractivity contribution in [1.82, 2.24) is 19.8 Å². The molecular weight excluding hydrogens is 631 g/mol. The molecule has 0 spiro atoms. The first-order valence-electron chi connectivity index (χ1n) is 14.1. The molecule has 2 aliphatic heterocycles. The van der Waals surface area contributed by atoms with Crippen LogP contribution >= 0.6 is 7.82 Å². The van der Waals surface area contributed by atoms with Crippen molar-refractivity contribution in [2.24, 2.45) is 5.92 Å². The Hall–Kier alpha value is -4.41. The van der Waals surface area contributed by atoms with Gasteiger partial charge in [-0.15, -0.1) is 0 Å². The minimum absolute atomic E-state index is 0.0775. The van der Waals surface area contributed by atoms with Crippen LogP contribution in [0.1, 0.15) is 31.1 Å². The van der Waals surface area contributed by atoms with Crippen molar-refractivity contribution < 1.29 is 51.9 Å². The van der Waals surface area contributed by atoms with E-state index < -0.39 is 73.9 Å². The quantitative estimate of drug-likeness (QED) is 0.104. The smallest absolute Gasteiger partial charge is 0.431 e. The molecule has 3 heterocycles. The van der Waals surface area contributed by atoms with E-state index >= 15 is 0 Å². The van der Waals surface area contributed by atoms with Crippen molar-refractivity contribution in [2.75, 3.05) is 26.8 Å². The third-order valence-electron chi connectivity index (χ3n) is 7.14. The lowest BCUT2D eigenvalue weighted by Crippen LogP contribution is -2.37. The lowest BCUT2D eigenvalue weighted by Gasteiger charge is -2.26. The number of hydrogen-bond acceptors (Lipinski definition) is 12. The van der Waals surface area contributed by atoms with Gasteiger partial charge in [-0.25, -0.2) is 14.2 Å². The van der Waals surface area contributed by atoms with Crippen molar-refractivity contribution >= 4 is 31.7 Å². The zero-order chi connectivity index (χ0) is 33.3. The Balaban J connectivity index is 1.44. The maximum Gasteiger partial charge on any atom is 0.508 e. The number of imide groups is 1. The van der Waals surface area contributed by atoms with Gasteiger partial charge in [-0.2, -0.15) is 0 Å². The van der Waals surface area contributed by atoms with Crippen LogP contribution in [0.15, 0.2) is 64.3 Å². The maximum atomic E-state index is 12.7. The van der Waals surface area contributed by atoms with Gasteiger partial charge in [0, 0.05) is 57.0 Å². The molecule has 46 heavy (non-hydrogen) atoms. The van der Waals surface area contributed by atoms with E-state index in [1.807, 2.05) is 0 Å². The predicted octanol–water partition coefficient (Wildman–Crippen LogP) is 0.747. The van der Waals surface area contributed by atoms with Crippen molar-refractivity contribution in [1.29, 1.82) is 0 Å². The monoisotopic (exact) mass is 664 g/mol. The van der Waals surface area contributed by atoms with Crippen LogP contribution in [0.5, 0.6) is 0 Å². The predicted molar refractivity (Wildman–Crippen MR) is 156 cm³/mol. The zero-order valence-corrected chi connectivity index (χ0v) is 25.5. The van der Waals surface area contributed by atoms with Crippen LogP contribution < -0.4 is 16.6 Å². The highest BCUT2D eigenvalue weighted by atomic mass is 31.2. The molecule has 2 aromatic rings. The summed E-state index contributed by atoms with van der Waals surface area (Å²) in [5, 5.41) is 2.67. The lowest BCUT2D eigenvalue weighted by molar-refractivity contribution is -0.137. The topological polar surface area (TPSA) is 222 Å². The van der Waals surface area contributed by atoms with E-state index in [-0.39, 0.29) is 39.0 Å². The highest BCUT2D eigenvalue weighted by Gasteiger charge is 2.49. The van der Waals surface area contributed by atoms with E-state index in [4.69, 9.17) is 18.7 Å². The fraction of sp³-hybridized carbons (Fsp3) is 0.429. The number of aromatic amines is 1. The number of nitrogens with one attached hydrogen (secondary N) is 2. The molecule has 5 atom stereocenters. The zero-order valence-electron chi connectivity index (χ0n) is 24.6. The number of ether oxygens (including phenoxy) is 3. The van der Waals surface area contributed by atoms with E-state index in [1.165, 1.54) is 6.20 Å². The number of carbonyl (C=O) groups excluding carboxylic acids is 4. The van der Waals surface area contributed by atoms with Gasteiger partial charge in [-0.3, -0.25) is 42.7 Å². The fourth-order valence-electron chi connectivity index (χ4n) is 4.91. The molecule has 1 saturated heterocycles. The van der Waals surface area contributed by atoms with Gasteiger partial charge in [0.15, 0.2) is 0 Å². The third kappa shape index (κ3) is 9.31. The highest BCUT2D eigenvalue weighted by molar-refractivity contribution is 7.47. The highest BCUT2D eigenvalue weighted by Crippen LogP contribution is 2.50. The molecule has 18 heteroatoms. The number of aromatic nitrogens is 2. The molecule has 2 aliphatic rings. The van der Waals surface area contributed by atoms with Crippen LogP contribution in [-0.4, -0.2) is 82.2 Å². The van der Waals surface area contributed by atoms with Gasteiger partial charge in [0.05, 0.1) is 0 Å². The molecule has 3 amide bonds. The van der Waals surface area contributed by atoms with E-state index in [1.54, 1.807) is 30.3 Å². The number of amides is 3. The first-order chi connectivity index (χ1) is 22.0. The van der Waals surface area contributed by atoms with Crippen LogP contribution in [0.2, 0.25) is 0 Å². The molecule has 248 valence electrons. The Bertz CT molecular complexity index is 1590. The van der Waals surface area contributed by atoms with E-state index in [9.17, 15) is 38.2 Å². The average Bonchev–Trinajstić information content (AvgIpc) is 3.53. The fourth-order valence-corrected chi connectivity index (χ4v) is 5.59. The standard InChI is InChI=1S/C28H33N4O13P/c1-41-46(39,40)45-25-19(8-5-13-29-21(33)11-14-31-23(35)9-10-24(31)36)26(32-15-12-22(34)30-27(32)37)44-20(25)17-43-28(38)42-16-18-6-3-2-4-7-18/h2-4,6-7,9-10,12,15,19-20,25-26H,5,8,11,13-14,16-17H2,1H3,(H,29,33)(H,39,40)(H,30,34,37)/t19?,20-,25-,26-/m1/s1. The summed E-state index contributed by atoms with van der Waals surface area (Å²) in [6.07, 6.45) is -1.05. The van der Waals surface area contributed by atoms with Crippen LogP contribution in [0, 0.1) is 5.92 Å². The summed E-state index contributed by atoms with van der Waals surface area (Å²) >= 11 is 0. The summed E-state index contributed by atoms with van der Waals surface area (Å²) < 4.78 is 40.0. The second kappa shape index (κ2) is 15.7. The molecular formula is C28H33N4O13P. The maximum absolute atomic E-state index is 12.7. The molecule has 3 N–H and O–H groups in total. The van der Waals surface area contributed by atoms with Crippen LogP contribution in [-0.2, 0) is 48.8 Å². The molecule has 17 nitrogen and oxygen atoms in total. The van der Waals surface area contributed by atoms with Gasteiger partial charge in [-0.05, 0) is 18.4 Å². The first kappa shape index (κ1) is 34.5.